The Morgan fingerprint density at radius 1 is 1.36 bits per heavy atom. The number of benzene rings is 1. The smallest absolute Gasteiger partial charge is 0.387 e. The van der Waals surface area contributed by atoms with Crippen LogP contribution in [0.3, 0.4) is 0 Å². The number of hydrogen-bond donors (Lipinski definition) is 1. The maximum Gasteiger partial charge on any atom is 0.387 e. The van der Waals surface area contributed by atoms with Gasteiger partial charge < -0.3 is 19.7 Å². The maximum atomic E-state index is 13.4. The van der Waals surface area contributed by atoms with Gasteiger partial charge in [-0.15, -0.1) is 0 Å². The molecule has 0 radical (unpaired) electrons. The second kappa shape index (κ2) is 8.55. The molecular formula is C19H24F2N4O3. The van der Waals surface area contributed by atoms with Gasteiger partial charge in [0.25, 0.3) is 5.91 Å². The zero-order valence-electron chi connectivity index (χ0n) is 15.9. The first-order chi connectivity index (χ1) is 13.5. The molecule has 1 saturated heterocycles. The summed E-state index contributed by atoms with van der Waals surface area (Å²) in [7, 11) is 3.08. The van der Waals surface area contributed by atoms with Crippen molar-refractivity contribution in [3.63, 3.8) is 0 Å². The van der Waals surface area contributed by atoms with E-state index in [-0.39, 0.29) is 24.0 Å². The number of rotatable bonds is 7. The maximum absolute atomic E-state index is 13.4. The second-order valence-electron chi connectivity index (χ2n) is 6.76. The SMILES string of the molecule is COc1ccc(CN(C)C(=O)C2(n3cccn3)CCNCC2)cc1OC(F)F. The molecule has 1 fully saturated rings. The van der Waals surface area contributed by atoms with Gasteiger partial charge in [0.15, 0.2) is 11.5 Å². The first-order valence-electron chi connectivity index (χ1n) is 9.04. The largest absolute Gasteiger partial charge is 0.493 e. The molecule has 0 bridgehead atoms. The Morgan fingerprint density at radius 3 is 2.71 bits per heavy atom. The molecular weight excluding hydrogens is 370 g/mol. The van der Waals surface area contributed by atoms with Crippen LogP contribution in [0.25, 0.3) is 0 Å². The molecule has 0 spiro atoms. The minimum absolute atomic E-state index is 0.0560. The molecule has 1 aromatic carbocycles. The summed E-state index contributed by atoms with van der Waals surface area (Å²) in [6.45, 7) is -1.27. The van der Waals surface area contributed by atoms with Crippen LogP contribution in [0.2, 0.25) is 0 Å². The average molecular weight is 394 g/mol. The zero-order chi connectivity index (χ0) is 20.1. The predicted molar refractivity (Wildman–Crippen MR) is 98.4 cm³/mol. The summed E-state index contributed by atoms with van der Waals surface area (Å²) >= 11 is 0. The highest BCUT2D eigenvalue weighted by atomic mass is 19.3. The first kappa shape index (κ1) is 20.1. The van der Waals surface area contributed by atoms with Crippen molar-refractivity contribution in [3.05, 3.63) is 42.2 Å². The Bertz CT molecular complexity index is 792. The molecule has 1 aromatic heterocycles. The first-order valence-corrected chi connectivity index (χ1v) is 9.04. The summed E-state index contributed by atoms with van der Waals surface area (Å²) < 4.78 is 36.6. The number of alkyl halides is 2. The summed E-state index contributed by atoms with van der Waals surface area (Å²) in [5.41, 5.74) is -0.0880. The van der Waals surface area contributed by atoms with E-state index in [1.165, 1.54) is 13.2 Å². The molecule has 152 valence electrons. The normalized spacial score (nSPS) is 16.0. The lowest BCUT2D eigenvalue weighted by Gasteiger charge is -2.39. The van der Waals surface area contributed by atoms with Crippen LogP contribution in [-0.2, 0) is 16.9 Å². The van der Waals surface area contributed by atoms with Crippen LogP contribution in [-0.4, -0.2) is 54.4 Å². The number of hydrogen-bond acceptors (Lipinski definition) is 5. The number of piperidine rings is 1. The fraction of sp³-hybridized carbons (Fsp3) is 0.474. The van der Waals surface area contributed by atoms with Gasteiger partial charge in [0, 0.05) is 26.0 Å². The van der Waals surface area contributed by atoms with Crippen LogP contribution in [0.1, 0.15) is 18.4 Å². The Labute approximate surface area is 162 Å². The lowest BCUT2D eigenvalue weighted by atomic mass is 9.86. The Balaban J connectivity index is 1.81. The number of methoxy groups -OCH3 is 1. The molecule has 1 N–H and O–H groups in total. The van der Waals surface area contributed by atoms with Gasteiger partial charge in [-0.05, 0) is 49.7 Å². The van der Waals surface area contributed by atoms with Crippen molar-refractivity contribution in [1.29, 1.82) is 0 Å². The van der Waals surface area contributed by atoms with E-state index in [1.807, 2.05) is 0 Å². The molecule has 0 aliphatic carbocycles. The number of ether oxygens (including phenoxy) is 2. The van der Waals surface area contributed by atoms with Gasteiger partial charge in [0.1, 0.15) is 5.54 Å². The molecule has 3 rings (SSSR count). The van der Waals surface area contributed by atoms with Gasteiger partial charge in [0.05, 0.1) is 7.11 Å². The highest BCUT2D eigenvalue weighted by Gasteiger charge is 2.43. The number of nitrogens with zero attached hydrogens (tertiary/aromatic N) is 3. The topological polar surface area (TPSA) is 68.6 Å². The fourth-order valence-electron chi connectivity index (χ4n) is 3.61. The standard InChI is InChI=1S/C19H24F2N4O3/c1-24(13-14-4-5-15(27-2)16(12-14)28-18(20)21)17(26)19(6-9-22-10-7-19)25-11-3-8-23-25/h3-5,8,11-12,18,22H,6-7,9-10,13H2,1-2H3. The number of aromatic nitrogens is 2. The Morgan fingerprint density at radius 2 is 2.11 bits per heavy atom. The zero-order valence-corrected chi connectivity index (χ0v) is 15.9. The quantitative estimate of drug-likeness (QED) is 0.780. The second-order valence-corrected chi connectivity index (χ2v) is 6.76. The van der Waals surface area contributed by atoms with Crippen LogP contribution in [0.15, 0.2) is 36.7 Å². The molecule has 9 heteroatoms. The molecule has 1 aliphatic rings. The van der Waals surface area contributed by atoms with Crippen LogP contribution in [0, 0.1) is 0 Å². The van der Waals surface area contributed by atoms with Crippen molar-refractivity contribution in [3.8, 4) is 11.5 Å². The lowest BCUT2D eigenvalue weighted by Crippen LogP contribution is -2.54. The lowest BCUT2D eigenvalue weighted by molar-refractivity contribution is -0.142. The molecule has 2 aromatic rings. The summed E-state index contributed by atoms with van der Waals surface area (Å²) in [5, 5.41) is 7.58. The van der Waals surface area contributed by atoms with E-state index >= 15 is 0 Å². The molecule has 1 amide bonds. The van der Waals surface area contributed by atoms with Crippen molar-refractivity contribution in [2.45, 2.75) is 31.5 Å². The van der Waals surface area contributed by atoms with E-state index in [9.17, 15) is 13.6 Å². The van der Waals surface area contributed by atoms with Crippen LogP contribution >= 0.6 is 0 Å². The van der Waals surface area contributed by atoms with Crippen LogP contribution in [0.5, 0.6) is 11.5 Å². The third kappa shape index (κ3) is 4.09. The van der Waals surface area contributed by atoms with E-state index in [0.29, 0.717) is 31.5 Å². The highest BCUT2D eigenvalue weighted by Crippen LogP contribution is 2.32. The third-order valence-electron chi connectivity index (χ3n) is 4.98. The van der Waals surface area contributed by atoms with Gasteiger partial charge in [-0.3, -0.25) is 9.48 Å². The monoisotopic (exact) mass is 394 g/mol. The molecule has 0 saturated carbocycles. The molecule has 7 nitrogen and oxygen atoms in total. The molecule has 28 heavy (non-hydrogen) atoms. The highest BCUT2D eigenvalue weighted by molar-refractivity contribution is 5.84. The van der Waals surface area contributed by atoms with Crippen molar-refractivity contribution in [2.75, 3.05) is 27.2 Å². The van der Waals surface area contributed by atoms with Crippen molar-refractivity contribution in [2.24, 2.45) is 0 Å². The Hall–Kier alpha value is -2.68. The van der Waals surface area contributed by atoms with E-state index < -0.39 is 12.2 Å². The van der Waals surface area contributed by atoms with Crippen molar-refractivity contribution in [1.82, 2.24) is 20.0 Å². The minimum atomic E-state index is -2.96. The molecule has 0 atom stereocenters. The number of amides is 1. The summed E-state index contributed by atoms with van der Waals surface area (Å²) in [6.07, 6.45) is 4.72. The summed E-state index contributed by atoms with van der Waals surface area (Å²) in [6, 6.07) is 6.55. The van der Waals surface area contributed by atoms with E-state index in [0.717, 1.165) is 0 Å². The van der Waals surface area contributed by atoms with E-state index in [1.54, 1.807) is 47.2 Å². The van der Waals surface area contributed by atoms with E-state index in [2.05, 4.69) is 15.2 Å². The fourth-order valence-corrected chi connectivity index (χ4v) is 3.61. The number of nitrogens with one attached hydrogen (secondary N) is 1. The number of halogens is 2. The predicted octanol–water partition coefficient (Wildman–Crippen LogP) is 2.23. The van der Waals surface area contributed by atoms with Crippen molar-refractivity contribution >= 4 is 5.91 Å². The third-order valence-corrected chi connectivity index (χ3v) is 4.98. The van der Waals surface area contributed by atoms with Gasteiger partial charge in [-0.1, -0.05) is 6.07 Å². The minimum Gasteiger partial charge on any atom is -0.493 e. The molecule has 2 heterocycles. The number of carbonyl (C=O) groups excluding carboxylic acids is 1. The summed E-state index contributed by atoms with van der Waals surface area (Å²) in [5.74, 6) is 0.0914. The molecule has 0 unspecified atom stereocenters. The number of carbonyl (C=O) groups is 1. The molecule has 1 aliphatic heterocycles. The van der Waals surface area contributed by atoms with Gasteiger partial charge in [-0.2, -0.15) is 13.9 Å². The van der Waals surface area contributed by atoms with Gasteiger partial charge >= 0.3 is 6.61 Å². The van der Waals surface area contributed by atoms with Crippen LogP contribution < -0.4 is 14.8 Å². The average Bonchev–Trinajstić information content (AvgIpc) is 3.23. The Kier molecular flexibility index (Phi) is 6.13. The van der Waals surface area contributed by atoms with Gasteiger partial charge in [0.2, 0.25) is 0 Å². The van der Waals surface area contributed by atoms with Crippen molar-refractivity contribution < 1.29 is 23.0 Å². The van der Waals surface area contributed by atoms with E-state index in [4.69, 9.17) is 4.74 Å². The van der Waals surface area contributed by atoms with Crippen LogP contribution in [0.4, 0.5) is 8.78 Å². The van der Waals surface area contributed by atoms with Gasteiger partial charge in [-0.25, -0.2) is 0 Å². The summed E-state index contributed by atoms with van der Waals surface area (Å²) in [4.78, 5) is 15.0. The number of likely N-dealkylation sites (N-methyl/N-ethyl adjacent to an activating group) is 1.